The maximum atomic E-state index is 12.2. The molecule has 0 atom stereocenters. The van der Waals surface area contributed by atoms with E-state index >= 15 is 0 Å². The van der Waals surface area contributed by atoms with E-state index in [0.29, 0.717) is 10.7 Å². The van der Waals surface area contributed by atoms with Crippen molar-refractivity contribution in [3.8, 4) is 5.75 Å². The highest BCUT2D eigenvalue weighted by atomic mass is 79.9. The van der Waals surface area contributed by atoms with Crippen molar-refractivity contribution < 1.29 is 9.53 Å². The molecule has 0 bridgehead atoms. The molecule has 0 aliphatic carbocycles. The van der Waals surface area contributed by atoms with Crippen molar-refractivity contribution in [3.63, 3.8) is 0 Å². The van der Waals surface area contributed by atoms with Gasteiger partial charge in [0.05, 0.1) is 23.5 Å². The van der Waals surface area contributed by atoms with Crippen molar-refractivity contribution in [2.24, 2.45) is 7.05 Å². The lowest BCUT2D eigenvalue weighted by molar-refractivity contribution is 0.0943. The molecule has 1 aromatic carbocycles. The number of amides is 1. The van der Waals surface area contributed by atoms with E-state index in [1.165, 1.54) is 6.20 Å². The van der Waals surface area contributed by atoms with E-state index in [0.717, 1.165) is 15.9 Å². The topological polar surface area (TPSA) is 74.0 Å². The van der Waals surface area contributed by atoms with E-state index in [1.54, 1.807) is 28.7 Å². The van der Waals surface area contributed by atoms with Gasteiger partial charge in [0.1, 0.15) is 11.4 Å². The molecule has 130 valence electrons. The number of carbonyl (C=O) groups is 1. The van der Waals surface area contributed by atoms with Gasteiger partial charge in [0, 0.05) is 17.7 Å². The summed E-state index contributed by atoms with van der Waals surface area (Å²) in [4.78, 5) is 12.2. The quantitative estimate of drug-likeness (QED) is 0.660. The summed E-state index contributed by atoms with van der Waals surface area (Å²) in [6.45, 7) is 0.485. The second-order valence-electron chi connectivity index (χ2n) is 5.21. The van der Waals surface area contributed by atoms with Crippen LogP contribution < -0.4 is 10.1 Å². The van der Waals surface area contributed by atoms with Gasteiger partial charge in [-0.1, -0.05) is 27.5 Å². The van der Waals surface area contributed by atoms with E-state index in [4.69, 9.17) is 16.3 Å². The van der Waals surface area contributed by atoms with Gasteiger partial charge in [0.15, 0.2) is 6.73 Å². The molecule has 9 heteroatoms. The van der Waals surface area contributed by atoms with E-state index in [1.807, 2.05) is 24.3 Å². The van der Waals surface area contributed by atoms with Gasteiger partial charge in [-0.25, -0.2) is 4.68 Å². The van der Waals surface area contributed by atoms with Crippen molar-refractivity contribution >= 4 is 33.4 Å². The molecule has 0 aliphatic heterocycles. The summed E-state index contributed by atoms with van der Waals surface area (Å²) < 4.78 is 9.76. The number of aromatic nitrogens is 4. The smallest absolute Gasteiger partial charge is 0.272 e. The molecule has 3 rings (SSSR count). The summed E-state index contributed by atoms with van der Waals surface area (Å²) in [7, 11) is 1.77. The zero-order valence-electron chi connectivity index (χ0n) is 13.3. The molecule has 2 heterocycles. The molecule has 0 saturated heterocycles. The third kappa shape index (κ3) is 4.40. The van der Waals surface area contributed by atoms with Crippen LogP contribution in [0.5, 0.6) is 5.75 Å². The number of benzene rings is 1. The Kier molecular flexibility index (Phi) is 5.40. The lowest BCUT2D eigenvalue weighted by atomic mass is 10.3. The van der Waals surface area contributed by atoms with Crippen molar-refractivity contribution in [1.29, 1.82) is 0 Å². The van der Waals surface area contributed by atoms with Gasteiger partial charge >= 0.3 is 0 Å². The first-order valence-electron chi connectivity index (χ1n) is 7.39. The molecule has 7 nitrogen and oxygen atoms in total. The normalized spacial score (nSPS) is 10.7. The maximum absolute atomic E-state index is 12.2. The predicted octanol–water partition coefficient (Wildman–Crippen LogP) is 3.00. The van der Waals surface area contributed by atoms with Crippen molar-refractivity contribution in [3.05, 3.63) is 63.6 Å². The lowest BCUT2D eigenvalue weighted by Crippen LogP contribution is -2.25. The Morgan fingerprint density at radius 3 is 2.76 bits per heavy atom. The largest absolute Gasteiger partial charge is 0.471 e. The summed E-state index contributed by atoms with van der Waals surface area (Å²) in [5.74, 6) is 0.426. The number of carbonyl (C=O) groups excluding carboxylic acids is 1. The minimum Gasteiger partial charge on any atom is -0.471 e. The third-order valence-electron chi connectivity index (χ3n) is 3.48. The van der Waals surface area contributed by atoms with Gasteiger partial charge in [-0.15, -0.1) is 0 Å². The minimum absolute atomic E-state index is 0.211. The van der Waals surface area contributed by atoms with Gasteiger partial charge in [-0.3, -0.25) is 9.48 Å². The summed E-state index contributed by atoms with van der Waals surface area (Å²) in [5.41, 5.74) is 1.03. The summed E-state index contributed by atoms with van der Waals surface area (Å²) in [6.07, 6.45) is 3.22. The second-order valence-corrected chi connectivity index (χ2v) is 6.54. The number of nitrogens with one attached hydrogen (secondary N) is 1. The Bertz CT molecular complexity index is 856. The van der Waals surface area contributed by atoms with Crippen LogP contribution in [0.4, 0.5) is 0 Å². The van der Waals surface area contributed by atoms with Gasteiger partial charge in [-0.05, 0) is 30.3 Å². The number of ether oxygens (including phenoxy) is 1. The highest BCUT2D eigenvalue weighted by Gasteiger charge is 2.12. The molecule has 0 radical (unpaired) electrons. The Balaban J connectivity index is 1.55. The first-order valence-corrected chi connectivity index (χ1v) is 8.56. The Labute approximate surface area is 157 Å². The molecule has 0 spiro atoms. The number of nitrogens with zero attached hydrogens (tertiary/aromatic N) is 4. The zero-order valence-corrected chi connectivity index (χ0v) is 15.7. The van der Waals surface area contributed by atoms with E-state index in [9.17, 15) is 4.79 Å². The molecule has 0 saturated carbocycles. The van der Waals surface area contributed by atoms with E-state index < -0.39 is 0 Å². The number of rotatable bonds is 6. The van der Waals surface area contributed by atoms with E-state index in [-0.39, 0.29) is 19.2 Å². The van der Waals surface area contributed by atoms with Crippen LogP contribution in [0.2, 0.25) is 5.02 Å². The number of hydrogen-bond donors (Lipinski definition) is 1. The molecule has 1 amide bonds. The van der Waals surface area contributed by atoms with Crippen LogP contribution in [0, 0.1) is 0 Å². The molecule has 1 N–H and O–H groups in total. The molecule has 3 aromatic rings. The Morgan fingerprint density at radius 2 is 2.08 bits per heavy atom. The summed E-state index contributed by atoms with van der Waals surface area (Å²) in [5, 5.41) is 11.5. The van der Waals surface area contributed by atoms with Gasteiger partial charge in [0.25, 0.3) is 5.91 Å². The molecule has 0 fully saturated rings. The number of halogens is 2. The minimum atomic E-state index is -0.292. The summed E-state index contributed by atoms with van der Waals surface area (Å²) in [6, 6.07) is 9.10. The van der Waals surface area contributed by atoms with Crippen LogP contribution >= 0.6 is 27.5 Å². The number of aryl methyl sites for hydroxylation is 1. The molecule has 2 aromatic heterocycles. The first-order chi connectivity index (χ1) is 12.0. The molecular weight excluding hydrogens is 410 g/mol. The van der Waals surface area contributed by atoms with Crippen LogP contribution in [0.15, 0.2) is 47.2 Å². The van der Waals surface area contributed by atoms with Crippen LogP contribution in [-0.4, -0.2) is 25.5 Å². The molecule has 0 aliphatic rings. The maximum Gasteiger partial charge on any atom is 0.272 e. The molecule has 25 heavy (non-hydrogen) atoms. The van der Waals surface area contributed by atoms with Gasteiger partial charge in [-0.2, -0.15) is 10.2 Å². The van der Waals surface area contributed by atoms with Crippen molar-refractivity contribution in [2.75, 3.05) is 0 Å². The monoisotopic (exact) mass is 423 g/mol. The van der Waals surface area contributed by atoms with E-state index in [2.05, 4.69) is 31.4 Å². The average molecular weight is 425 g/mol. The van der Waals surface area contributed by atoms with Gasteiger partial charge in [0.2, 0.25) is 0 Å². The highest BCUT2D eigenvalue weighted by Crippen LogP contribution is 2.16. The third-order valence-corrected chi connectivity index (χ3v) is 4.32. The van der Waals surface area contributed by atoms with Crippen LogP contribution in [0.25, 0.3) is 0 Å². The van der Waals surface area contributed by atoms with Gasteiger partial charge < -0.3 is 10.1 Å². The lowest BCUT2D eigenvalue weighted by Gasteiger charge is -2.06. The zero-order chi connectivity index (χ0) is 17.8. The summed E-state index contributed by atoms with van der Waals surface area (Å²) >= 11 is 9.38. The number of hydrogen-bond acceptors (Lipinski definition) is 4. The van der Waals surface area contributed by atoms with Crippen molar-refractivity contribution in [1.82, 2.24) is 24.9 Å². The first kappa shape index (κ1) is 17.5. The standard InChI is InChI=1S/C16H15BrClN5O2/c1-22-15(13(18)8-20-22)9-19-16(24)14-6-7-23(21-14)10-25-12-4-2-11(17)3-5-12/h2-8H,9-10H2,1H3,(H,19,24). The Hall–Kier alpha value is -2.32. The average Bonchev–Trinajstić information content (AvgIpc) is 3.20. The fraction of sp³-hybridized carbons (Fsp3) is 0.188. The molecular formula is C16H15BrClN5O2. The highest BCUT2D eigenvalue weighted by molar-refractivity contribution is 9.10. The SMILES string of the molecule is Cn1ncc(Cl)c1CNC(=O)c1ccn(COc2ccc(Br)cc2)n1. The van der Waals surface area contributed by atoms with Crippen molar-refractivity contribution in [2.45, 2.75) is 13.3 Å². The fourth-order valence-electron chi connectivity index (χ4n) is 2.12. The Morgan fingerprint density at radius 1 is 1.32 bits per heavy atom. The fourth-order valence-corrected chi connectivity index (χ4v) is 2.61. The predicted molar refractivity (Wildman–Crippen MR) is 96.4 cm³/mol. The van der Waals surface area contributed by atoms with Crippen LogP contribution in [0.3, 0.4) is 0 Å². The second kappa shape index (κ2) is 7.71. The van der Waals surface area contributed by atoms with Crippen LogP contribution in [-0.2, 0) is 20.3 Å². The van der Waals surface area contributed by atoms with Crippen LogP contribution in [0.1, 0.15) is 16.2 Å². The molecule has 0 unspecified atom stereocenters.